The van der Waals surface area contributed by atoms with E-state index in [9.17, 15) is 0 Å². The van der Waals surface area contributed by atoms with Crippen LogP contribution in [0.3, 0.4) is 0 Å². The highest BCUT2D eigenvalue weighted by molar-refractivity contribution is 5.86. The highest BCUT2D eigenvalue weighted by Gasteiger charge is 1.92. The standard InChI is InChI=1S/C17H17N/c1-14(12-16-9-4-3-5-10-16)13-18-17-11-7-6-8-15(17)2/h3-13H,1-2H3/b14-12+,18-13?. The van der Waals surface area contributed by atoms with Crippen LogP contribution >= 0.6 is 0 Å². The van der Waals surface area contributed by atoms with Crippen LogP contribution in [0, 0.1) is 6.92 Å². The third-order valence-corrected chi connectivity index (χ3v) is 2.72. The summed E-state index contributed by atoms with van der Waals surface area (Å²) in [4.78, 5) is 4.51. The number of aryl methyl sites for hydroxylation is 1. The van der Waals surface area contributed by atoms with Gasteiger partial charge in [-0.25, -0.2) is 0 Å². The van der Waals surface area contributed by atoms with Gasteiger partial charge in [0.2, 0.25) is 0 Å². The topological polar surface area (TPSA) is 12.4 Å². The van der Waals surface area contributed by atoms with Crippen LogP contribution in [0.2, 0.25) is 0 Å². The maximum Gasteiger partial charge on any atom is 0.0658 e. The molecule has 0 unspecified atom stereocenters. The number of aliphatic imine (C=N–C) groups is 1. The van der Waals surface area contributed by atoms with Crippen molar-refractivity contribution >= 4 is 18.0 Å². The molecule has 0 aliphatic heterocycles. The van der Waals surface area contributed by atoms with Crippen LogP contribution in [0.5, 0.6) is 0 Å². The Balaban J connectivity index is 2.15. The quantitative estimate of drug-likeness (QED) is 0.677. The van der Waals surface area contributed by atoms with Gasteiger partial charge in [-0.05, 0) is 36.6 Å². The van der Waals surface area contributed by atoms with Crippen molar-refractivity contribution in [2.75, 3.05) is 0 Å². The fraction of sp³-hybridized carbons (Fsp3) is 0.118. The van der Waals surface area contributed by atoms with E-state index in [1.54, 1.807) is 0 Å². The molecule has 2 aromatic carbocycles. The fourth-order valence-corrected chi connectivity index (χ4v) is 1.73. The summed E-state index contributed by atoms with van der Waals surface area (Å²) in [5, 5.41) is 0. The predicted octanol–water partition coefficient (Wildman–Crippen LogP) is 4.80. The minimum atomic E-state index is 1.03. The minimum absolute atomic E-state index is 1.03. The minimum Gasteiger partial charge on any atom is -0.256 e. The lowest BCUT2D eigenvalue weighted by molar-refractivity contribution is 1.40. The Labute approximate surface area is 109 Å². The summed E-state index contributed by atoms with van der Waals surface area (Å²) in [5.74, 6) is 0. The van der Waals surface area contributed by atoms with Crippen LogP contribution in [0.1, 0.15) is 18.1 Å². The van der Waals surface area contributed by atoms with Crippen LogP contribution in [-0.4, -0.2) is 6.21 Å². The molecule has 0 saturated heterocycles. The van der Waals surface area contributed by atoms with E-state index in [-0.39, 0.29) is 0 Å². The first-order valence-electron chi connectivity index (χ1n) is 6.09. The molecule has 0 amide bonds. The van der Waals surface area contributed by atoms with E-state index in [0.717, 1.165) is 11.3 Å². The van der Waals surface area contributed by atoms with Crippen molar-refractivity contribution in [2.45, 2.75) is 13.8 Å². The largest absolute Gasteiger partial charge is 0.256 e. The number of allylic oxidation sites excluding steroid dienone is 1. The van der Waals surface area contributed by atoms with Crippen molar-refractivity contribution in [2.24, 2.45) is 4.99 Å². The Kier molecular flexibility index (Phi) is 4.08. The maximum absolute atomic E-state index is 4.51. The molecule has 0 spiro atoms. The lowest BCUT2D eigenvalue weighted by Crippen LogP contribution is -1.80. The van der Waals surface area contributed by atoms with Crippen LogP contribution in [0.25, 0.3) is 6.08 Å². The molecule has 0 aromatic heterocycles. The zero-order chi connectivity index (χ0) is 12.8. The Morgan fingerprint density at radius 3 is 2.33 bits per heavy atom. The van der Waals surface area contributed by atoms with E-state index < -0.39 is 0 Å². The summed E-state index contributed by atoms with van der Waals surface area (Å²) >= 11 is 0. The lowest BCUT2D eigenvalue weighted by atomic mass is 10.1. The molecule has 0 bridgehead atoms. The molecule has 18 heavy (non-hydrogen) atoms. The SMILES string of the molecule is C/C(C=Nc1ccccc1C)=C\c1ccccc1. The first kappa shape index (κ1) is 12.3. The number of hydrogen-bond acceptors (Lipinski definition) is 1. The molecule has 0 atom stereocenters. The Morgan fingerprint density at radius 2 is 1.61 bits per heavy atom. The van der Waals surface area contributed by atoms with Crippen LogP contribution in [0.4, 0.5) is 5.69 Å². The Morgan fingerprint density at radius 1 is 0.944 bits per heavy atom. The lowest BCUT2D eigenvalue weighted by Gasteiger charge is -1.98. The third-order valence-electron chi connectivity index (χ3n) is 2.72. The zero-order valence-corrected chi connectivity index (χ0v) is 10.8. The second-order valence-electron chi connectivity index (χ2n) is 4.34. The molecule has 0 heterocycles. The highest BCUT2D eigenvalue weighted by atomic mass is 14.7. The molecule has 0 N–H and O–H groups in total. The summed E-state index contributed by atoms with van der Waals surface area (Å²) in [6, 6.07) is 18.4. The van der Waals surface area contributed by atoms with Gasteiger partial charge in [0.05, 0.1) is 5.69 Å². The summed E-state index contributed by atoms with van der Waals surface area (Å²) < 4.78 is 0. The molecule has 1 heteroatoms. The second kappa shape index (κ2) is 5.97. The van der Waals surface area contributed by atoms with Crippen LogP contribution in [-0.2, 0) is 0 Å². The molecule has 90 valence electrons. The van der Waals surface area contributed by atoms with Crippen molar-refractivity contribution < 1.29 is 0 Å². The van der Waals surface area contributed by atoms with Gasteiger partial charge in [-0.3, -0.25) is 4.99 Å². The zero-order valence-electron chi connectivity index (χ0n) is 10.8. The molecule has 2 rings (SSSR count). The van der Waals surface area contributed by atoms with E-state index >= 15 is 0 Å². The van der Waals surface area contributed by atoms with E-state index in [1.165, 1.54) is 11.1 Å². The Hall–Kier alpha value is -2.15. The van der Waals surface area contributed by atoms with Crippen molar-refractivity contribution in [1.82, 2.24) is 0 Å². The average molecular weight is 235 g/mol. The van der Waals surface area contributed by atoms with Crippen molar-refractivity contribution in [1.29, 1.82) is 0 Å². The van der Waals surface area contributed by atoms with Gasteiger partial charge >= 0.3 is 0 Å². The molecule has 0 radical (unpaired) electrons. The molecule has 0 saturated carbocycles. The van der Waals surface area contributed by atoms with Gasteiger partial charge in [-0.1, -0.05) is 54.6 Å². The first-order chi connectivity index (χ1) is 8.75. The van der Waals surface area contributed by atoms with E-state index in [0.29, 0.717) is 0 Å². The molecule has 1 nitrogen and oxygen atoms in total. The molecule has 0 fully saturated rings. The number of nitrogens with zero attached hydrogens (tertiary/aromatic N) is 1. The number of hydrogen-bond donors (Lipinski definition) is 0. The second-order valence-corrected chi connectivity index (χ2v) is 4.34. The van der Waals surface area contributed by atoms with Gasteiger partial charge in [-0.2, -0.15) is 0 Å². The fourth-order valence-electron chi connectivity index (χ4n) is 1.73. The van der Waals surface area contributed by atoms with Gasteiger partial charge in [0.15, 0.2) is 0 Å². The predicted molar refractivity (Wildman–Crippen MR) is 79.4 cm³/mol. The van der Waals surface area contributed by atoms with Gasteiger partial charge in [-0.15, -0.1) is 0 Å². The molecule has 0 aliphatic rings. The van der Waals surface area contributed by atoms with Crippen LogP contribution in [0.15, 0.2) is 65.2 Å². The summed E-state index contributed by atoms with van der Waals surface area (Å²) in [6.07, 6.45) is 4.04. The van der Waals surface area contributed by atoms with E-state index in [1.807, 2.05) is 42.6 Å². The first-order valence-corrected chi connectivity index (χ1v) is 6.09. The van der Waals surface area contributed by atoms with Gasteiger partial charge in [0.25, 0.3) is 0 Å². The van der Waals surface area contributed by atoms with Crippen molar-refractivity contribution in [3.63, 3.8) is 0 Å². The normalized spacial score (nSPS) is 12.0. The maximum atomic E-state index is 4.51. The van der Waals surface area contributed by atoms with Gasteiger partial charge in [0.1, 0.15) is 0 Å². The summed E-state index contributed by atoms with van der Waals surface area (Å²) in [5.41, 5.74) is 4.57. The molecule has 0 aliphatic carbocycles. The average Bonchev–Trinajstić information content (AvgIpc) is 2.39. The number of benzene rings is 2. The molecule has 2 aromatic rings. The van der Waals surface area contributed by atoms with Crippen molar-refractivity contribution in [3.8, 4) is 0 Å². The monoisotopic (exact) mass is 235 g/mol. The van der Waals surface area contributed by atoms with Gasteiger partial charge in [0, 0.05) is 6.21 Å². The third kappa shape index (κ3) is 3.42. The number of para-hydroxylation sites is 1. The summed E-state index contributed by atoms with van der Waals surface area (Å²) in [6.45, 7) is 4.14. The highest BCUT2D eigenvalue weighted by Crippen LogP contribution is 2.17. The van der Waals surface area contributed by atoms with Crippen LogP contribution < -0.4 is 0 Å². The smallest absolute Gasteiger partial charge is 0.0658 e. The Bertz CT molecular complexity index is 565. The van der Waals surface area contributed by atoms with Crippen molar-refractivity contribution in [3.05, 3.63) is 71.3 Å². The van der Waals surface area contributed by atoms with Gasteiger partial charge < -0.3 is 0 Å². The summed E-state index contributed by atoms with van der Waals surface area (Å²) in [7, 11) is 0. The molecular weight excluding hydrogens is 218 g/mol. The molecular formula is C17H17N. The van der Waals surface area contributed by atoms with E-state index in [4.69, 9.17) is 0 Å². The van der Waals surface area contributed by atoms with E-state index in [2.05, 4.69) is 43.1 Å². The number of rotatable bonds is 3.